The van der Waals surface area contributed by atoms with Crippen LogP contribution in [0, 0.1) is 11.3 Å². The number of fused-ring (bicyclic) bond motifs is 3. The Morgan fingerprint density at radius 3 is 2.78 bits per heavy atom. The van der Waals surface area contributed by atoms with E-state index in [1.54, 1.807) is 11.8 Å². The molecule has 2 saturated carbocycles. The Bertz CT molecular complexity index is 1750. The van der Waals surface area contributed by atoms with Crippen LogP contribution in [-0.2, 0) is 36.8 Å². The molecule has 2 aromatic rings. The van der Waals surface area contributed by atoms with Crippen molar-refractivity contribution in [3.8, 4) is 0 Å². The Hall–Kier alpha value is -2.48. The van der Waals surface area contributed by atoms with Crippen molar-refractivity contribution in [3.05, 3.63) is 11.2 Å². The molecule has 6 aliphatic rings. The van der Waals surface area contributed by atoms with Gasteiger partial charge in [-0.3, -0.25) is 27.9 Å². The lowest BCUT2D eigenvalue weighted by Crippen LogP contribution is -2.55. The van der Waals surface area contributed by atoms with E-state index < -0.39 is 89.0 Å². The molecule has 2 saturated heterocycles. The number of nitrogens with two attached hydrogens (primary N) is 1. The van der Waals surface area contributed by atoms with Crippen LogP contribution in [0.25, 0.3) is 11.0 Å². The number of nitrogens with one attached hydrogen (secondary N) is 1. The van der Waals surface area contributed by atoms with Gasteiger partial charge in [-0.15, -0.1) is 0 Å². The number of nitrogen functional groups attached to an aromatic ring is 1. The van der Waals surface area contributed by atoms with Gasteiger partial charge in [-0.1, -0.05) is 0 Å². The molecule has 0 radical (unpaired) electrons. The molecule has 8 rings (SSSR count). The molecule has 0 aromatic carbocycles. The van der Waals surface area contributed by atoms with E-state index in [-0.39, 0.29) is 18.1 Å². The maximum Gasteiger partial charge on any atom is 0.472 e. The number of carbonyl (C=O) groups excluding carboxylic acids is 1. The third kappa shape index (κ3) is 4.86. The maximum atomic E-state index is 13.3. The molecule has 12 atom stereocenters. The first-order valence-corrected chi connectivity index (χ1v) is 17.8. The average Bonchev–Trinajstić information content (AvgIpc) is 3.31. The van der Waals surface area contributed by atoms with E-state index in [0.29, 0.717) is 28.2 Å². The molecule has 2 aliphatic carbocycles. The number of aliphatic imine (C=N–C) groups is 2. The largest absolute Gasteiger partial charge is 0.472 e. The van der Waals surface area contributed by atoms with Gasteiger partial charge in [-0.25, -0.2) is 24.1 Å². The first-order chi connectivity index (χ1) is 21.4. The lowest BCUT2D eigenvalue weighted by Gasteiger charge is -2.36. The number of hydrogen-bond acceptors (Lipinski definition) is 17. The standard InChI is InChI=1S/C23H28N8O11P2S/c1-8-28-21-15(22(33)29-8)27-7-31(21)16-9-3-23(9)5-39-44(36,37)41-10-2-11(18-13-14(30-45-18)20(24)26-6-25-13)40-12(10)4-38-43(34,35)42-19(23)17(16)32/h6-7,9-12,15-17,19,21,32H,2-5H2,1H3,(H,34,35)(H,36,37)(H2,24,25,26)(H,28,29,33)/t9-,10+,11-,12-,15?,16-,17+,19+,21?,23-/m1/s1. The van der Waals surface area contributed by atoms with Crippen molar-refractivity contribution >= 4 is 62.1 Å². The van der Waals surface area contributed by atoms with Gasteiger partial charge in [0, 0.05) is 11.8 Å². The monoisotopic (exact) mass is 686 g/mol. The van der Waals surface area contributed by atoms with Gasteiger partial charge in [0.2, 0.25) is 0 Å². The van der Waals surface area contributed by atoms with E-state index in [0.717, 1.165) is 11.5 Å². The minimum absolute atomic E-state index is 0.0429. The number of amidine groups is 1. The highest BCUT2D eigenvalue weighted by Gasteiger charge is 2.75. The van der Waals surface area contributed by atoms with E-state index in [1.807, 2.05) is 0 Å². The Balaban J connectivity index is 1.06. The molecule has 4 unspecified atom stereocenters. The third-order valence-electron chi connectivity index (χ3n) is 9.23. The molecule has 0 bridgehead atoms. The van der Waals surface area contributed by atoms with Crippen molar-refractivity contribution in [2.45, 2.75) is 68.5 Å². The summed E-state index contributed by atoms with van der Waals surface area (Å²) in [6, 6.07) is -1.60. The lowest BCUT2D eigenvalue weighted by molar-refractivity contribution is -0.122. The molecule has 6 N–H and O–H groups in total. The van der Waals surface area contributed by atoms with Crippen LogP contribution in [0.4, 0.5) is 5.82 Å². The van der Waals surface area contributed by atoms with Crippen molar-refractivity contribution in [1.82, 2.24) is 24.6 Å². The fourth-order valence-corrected chi connectivity index (χ4v) is 10.1. The summed E-state index contributed by atoms with van der Waals surface area (Å²) in [5.74, 6) is -0.233. The number of aromatic nitrogens is 3. The number of aliphatic hydroxyl groups is 1. The Kier molecular flexibility index (Phi) is 6.81. The molecule has 1 amide bonds. The normalized spacial score (nSPS) is 46.0. The fourth-order valence-electron chi connectivity index (χ4n) is 7.13. The topological polar surface area (TPSA) is 263 Å². The summed E-state index contributed by atoms with van der Waals surface area (Å²) in [6.07, 6.45) is -3.38. The van der Waals surface area contributed by atoms with Gasteiger partial charge in [0.15, 0.2) is 18.0 Å². The summed E-state index contributed by atoms with van der Waals surface area (Å²) in [7, 11) is -9.60. The number of ether oxygens (including phenoxy) is 1. The second kappa shape index (κ2) is 10.3. The number of rotatable bonds is 2. The number of hydrogen-bond donors (Lipinski definition) is 5. The number of amides is 1. The first kappa shape index (κ1) is 29.9. The molecule has 4 aliphatic heterocycles. The summed E-state index contributed by atoms with van der Waals surface area (Å²) in [5.41, 5.74) is 5.57. The number of phosphoric ester groups is 2. The second-order valence-electron chi connectivity index (χ2n) is 11.9. The smallest absolute Gasteiger partial charge is 0.388 e. The molecule has 6 heterocycles. The minimum Gasteiger partial charge on any atom is -0.388 e. The summed E-state index contributed by atoms with van der Waals surface area (Å²) in [5, 5.41) is 14.1. The Morgan fingerprint density at radius 2 is 1.96 bits per heavy atom. The van der Waals surface area contributed by atoms with Crippen molar-refractivity contribution < 1.29 is 51.6 Å². The van der Waals surface area contributed by atoms with Crippen LogP contribution < -0.4 is 11.1 Å². The number of aliphatic hydroxyl groups excluding tert-OH is 1. The molecular weight excluding hydrogens is 658 g/mol. The Morgan fingerprint density at radius 1 is 1.16 bits per heavy atom. The number of carbonyl (C=O) groups is 1. The number of nitrogens with zero attached hydrogens (tertiary/aromatic N) is 6. The third-order valence-corrected chi connectivity index (χ3v) is 12.1. The fraction of sp³-hybridized carbons (Fsp3) is 0.652. The van der Waals surface area contributed by atoms with Crippen molar-refractivity contribution in [1.29, 1.82) is 0 Å². The highest BCUT2D eigenvalue weighted by atomic mass is 32.1. The Labute approximate surface area is 258 Å². The molecule has 1 spiro atoms. The number of anilines is 1. The van der Waals surface area contributed by atoms with Crippen molar-refractivity contribution in [2.75, 3.05) is 18.9 Å². The predicted molar refractivity (Wildman–Crippen MR) is 153 cm³/mol. The molecule has 2 aromatic heterocycles. The van der Waals surface area contributed by atoms with Crippen LogP contribution in [0.2, 0.25) is 0 Å². The van der Waals surface area contributed by atoms with E-state index in [9.17, 15) is 28.8 Å². The van der Waals surface area contributed by atoms with E-state index in [1.165, 1.54) is 12.7 Å². The van der Waals surface area contributed by atoms with Crippen molar-refractivity contribution in [2.24, 2.45) is 21.3 Å². The zero-order chi connectivity index (χ0) is 31.5. The van der Waals surface area contributed by atoms with E-state index >= 15 is 0 Å². The van der Waals surface area contributed by atoms with Crippen LogP contribution in [-0.4, -0.2) is 108 Å². The summed E-state index contributed by atoms with van der Waals surface area (Å²) >= 11 is 1.06. The van der Waals surface area contributed by atoms with E-state index in [4.69, 9.17) is 28.6 Å². The molecule has 45 heavy (non-hydrogen) atoms. The van der Waals surface area contributed by atoms with Gasteiger partial charge >= 0.3 is 15.6 Å². The van der Waals surface area contributed by atoms with Gasteiger partial charge in [0.05, 0.1) is 36.6 Å². The quantitative estimate of drug-likeness (QED) is 0.257. The predicted octanol–water partition coefficient (Wildman–Crippen LogP) is -0.147. The zero-order valence-electron chi connectivity index (χ0n) is 23.4. The summed E-state index contributed by atoms with van der Waals surface area (Å²) in [4.78, 5) is 53.2. The lowest BCUT2D eigenvalue weighted by atomic mass is 10.00. The molecule has 242 valence electrons. The first-order valence-electron chi connectivity index (χ1n) is 14.0. The summed E-state index contributed by atoms with van der Waals surface area (Å²) in [6.45, 7) is 0.627. The van der Waals surface area contributed by atoms with Gasteiger partial charge in [-0.05, 0) is 30.8 Å². The molecular formula is C23H28N8O11P2S. The molecule has 4 fully saturated rings. The van der Waals surface area contributed by atoms with E-state index in [2.05, 4.69) is 29.6 Å². The van der Waals surface area contributed by atoms with Gasteiger partial charge in [0.25, 0.3) is 5.91 Å². The van der Waals surface area contributed by atoms with Gasteiger partial charge < -0.3 is 35.6 Å². The molecule has 19 nitrogen and oxygen atoms in total. The van der Waals surface area contributed by atoms with Gasteiger partial charge in [-0.2, -0.15) is 4.37 Å². The SMILES string of the molecule is CC1=NC2C(N=CN2[C@H]2[C@H](O)[C@@H]3OP(=O)(O)OC[C@H]4O[C@@H](c5snc6c(N)ncnc56)C[C@@H]4OP(=O)(O)OC[C@@]34C[C@H]24)C(=O)N1. The average molecular weight is 687 g/mol. The van der Waals surface area contributed by atoms with Crippen LogP contribution in [0.5, 0.6) is 0 Å². The molecule has 22 heteroatoms. The maximum absolute atomic E-state index is 13.3. The minimum atomic E-state index is -4.85. The zero-order valence-corrected chi connectivity index (χ0v) is 26.0. The highest BCUT2D eigenvalue weighted by molar-refractivity contribution is 7.47. The second-order valence-corrected chi connectivity index (χ2v) is 15.5. The van der Waals surface area contributed by atoms with Crippen molar-refractivity contribution in [3.63, 3.8) is 0 Å². The van der Waals surface area contributed by atoms with Crippen LogP contribution >= 0.6 is 27.2 Å². The van der Waals surface area contributed by atoms with Crippen LogP contribution in [0.3, 0.4) is 0 Å². The van der Waals surface area contributed by atoms with Crippen LogP contribution in [0.15, 0.2) is 16.3 Å². The van der Waals surface area contributed by atoms with Crippen LogP contribution in [0.1, 0.15) is 30.7 Å². The summed E-state index contributed by atoms with van der Waals surface area (Å²) < 4.78 is 58.9. The van der Waals surface area contributed by atoms with Gasteiger partial charge in [0.1, 0.15) is 47.6 Å². The number of phosphoric acid groups is 2. The highest BCUT2D eigenvalue weighted by Crippen LogP contribution is 2.70.